The normalized spacial score (nSPS) is 16.4. The molecule has 0 bridgehead atoms. The van der Waals surface area contributed by atoms with E-state index in [0.29, 0.717) is 17.7 Å². The van der Waals surface area contributed by atoms with E-state index in [-0.39, 0.29) is 33.4 Å². The number of aromatic amines is 1. The van der Waals surface area contributed by atoms with Crippen molar-refractivity contribution >= 4 is 23.2 Å². The molecule has 3 heterocycles. The number of carboxylic acid groups (broad SMARTS) is 1. The lowest BCUT2D eigenvalue weighted by atomic mass is 9.70. The Labute approximate surface area is 173 Å². The Bertz CT molecular complexity index is 1270. The maximum atomic E-state index is 13.6. The fourth-order valence-electron chi connectivity index (χ4n) is 4.01. The average molecular weight is 440 g/mol. The van der Waals surface area contributed by atoms with Crippen molar-refractivity contribution in [2.45, 2.75) is 39.3 Å². The molecule has 0 saturated carbocycles. The molecule has 10 heteroatoms. The van der Waals surface area contributed by atoms with Crippen LogP contribution in [0.25, 0.3) is 17.0 Å². The smallest absolute Gasteiger partial charge is 0.420 e. The van der Waals surface area contributed by atoms with Crippen molar-refractivity contribution in [2.75, 3.05) is 0 Å². The number of carboxylic acids is 1. The van der Waals surface area contributed by atoms with Crippen LogP contribution < -0.4 is 5.56 Å². The molecule has 3 aromatic heterocycles. The van der Waals surface area contributed by atoms with Gasteiger partial charge in [0.2, 0.25) is 0 Å². The molecule has 6 nitrogen and oxygen atoms in total. The SMILES string of the molecule is CC(C)(C)[C@@H]1Cc2c(nc3c(C(F)(F)F)cc(Cl)cn23)-c2[nH]c(=O)c(C(=O)O)cc21. The van der Waals surface area contributed by atoms with Crippen LogP contribution >= 0.6 is 11.6 Å². The van der Waals surface area contributed by atoms with Crippen molar-refractivity contribution in [2.24, 2.45) is 5.41 Å². The van der Waals surface area contributed by atoms with Gasteiger partial charge in [0.1, 0.15) is 22.5 Å². The fourth-order valence-corrected chi connectivity index (χ4v) is 4.22. The number of H-pyrrole nitrogens is 1. The Balaban J connectivity index is 2.11. The third kappa shape index (κ3) is 3.08. The Kier molecular flexibility index (Phi) is 4.33. The van der Waals surface area contributed by atoms with E-state index in [1.54, 1.807) is 0 Å². The summed E-state index contributed by atoms with van der Waals surface area (Å²) < 4.78 is 42.1. The van der Waals surface area contributed by atoms with Crippen LogP contribution in [0.3, 0.4) is 0 Å². The number of aromatic nitrogens is 3. The molecule has 4 rings (SSSR count). The Hall–Kier alpha value is -2.81. The largest absolute Gasteiger partial charge is 0.477 e. The van der Waals surface area contributed by atoms with E-state index in [1.807, 2.05) is 20.8 Å². The lowest BCUT2D eigenvalue weighted by Gasteiger charge is -2.35. The van der Waals surface area contributed by atoms with Gasteiger partial charge in [0.25, 0.3) is 5.56 Å². The van der Waals surface area contributed by atoms with E-state index in [4.69, 9.17) is 11.6 Å². The van der Waals surface area contributed by atoms with E-state index in [9.17, 15) is 27.9 Å². The minimum atomic E-state index is -4.67. The van der Waals surface area contributed by atoms with E-state index in [1.165, 1.54) is 16.7 Å². The Morgan fingerprint density at radius 3 is 2.53 bits per heavy atom. The van der Waals surface area contributed by atoms with Gasteiger partial charge in [0, 0.05) is 6.20 Å². The number of nitrogens with zero attached hydrogens (tertiary/aromatic N) is 2. The first kappa shape index (κ1) is 20.5. The van der Waals surface area contributed by atoms with E-state index >= 15 is 0 Å². The van der Waals surface area contributed by atoms with Gasteiger partial charge < -0.3 is 14.5 Å². The maximum Gasteiger partial charge on any atom is 0.420 e. The van der Waals surface area contributed by atoms with Gasteiger partial charge in [-0.2, -0.15) is 13.2 Å². The summed E-state index contributed by atoms with van der Waals surface area (Å²) in [7, 11) is 0. The number of nitrogens with one attached hydrogen (secondary N) is 1. The first-order valence-corrected chi connectivity index (χ1v) is 9.45. The highest BCUT2D eigenvalue weighted by Gasteiger charge is 2.40. The van der Waals surface area contributed by atoms with Crippen molar-refractivity contribution in [3.8, 4) is 11.4 Å². The second-order valence-electron chi connectivity index (χ2n) is 8.44. The number of halogens is 4. The van der Waals surface area contributed by atoms with Crippen LogP contribution in [0, 0.1) is 5.41 Å². The Morgan fingerprint density at radius 1 is 1.30 bits per heavy atom. The first-order chi connectivity index (χ1) is 13.8. The molecular formula is C20H17ClF3N3O3. The molecule has 158 valence electrons. The lowest BCUT2D eigenvalue weighted by molar-refractivity contribution is -0.136. The summed E-state index contributed by atoms with van der Waals surface area (Å²) >= 11 is 5.96. The second-order valence-corrected chi connectivity index (χ2v) is 8.88. The third-order valence-corrected chi connectivity index (χ3v) is 5.65. The molecule has 0 amide bonds. The molecular weight excluding hydrogens is 423 g/mol. The molecule has 0 aliphatic heterocycles. The molecule has 0 saturated heterocycles. The van der Waals surface area contributed by atoms with Gasteiger partial charge in [0.15, 0.2) is 0 Å². The number of alkyl halides is 3. The summed E-state index contributed by atoms with van der Waals surface area (Å²) in [4.78, 5) is 30.5. The predicted octanol–water partition coefficient (Wildman–Crippen LogP) is 4.75. The maximum absolute atomic E-state index is 13.6. The number of hydrogen-bond acceptors (Lipinski definition) is 3. The zero-order chi connectivity index (χ0) is 22.2. The number of pyridine rings is 2. The number of carbonyl (C=O) groups is 1. The molecule has 0 unspecified atom stereocenters. The Morgan fingerprint density at radius 2 is 1.97 bits per heavy atom. The molecule has 1 aliphatic carbocycles. The minimum absolute atomic E-state index is 0.0946. The molecule has 1 aliphatic rings. The number of hydrogen-bond donors (Lipinski definition) is 2. The predicted molar refractivity (Wildman–Crippen MR) is 104 cm³/mol. The highest BCUT2D eigenvalue weighted by atomic mass is 35.5. The van der Waals surface area contributed by atoms with Gasteiger partial charge in [-0.25, -0.2) is 9.78 Å². The molecule has 1 atom stereocenters. The van der Waals surface area contributed by atoms with Gasteiger partial charge in [-0.1, -0.05) is 32.4 Å². The summed E-state index contributed by atoms with van der Waals surface area (Å²) in [6.07, 6.45) is -3.00. The molecule has 0 radical (unpaired) electrons. The molecule has 2 N–H and O–H groups in total. The zero-order valence-electron chi connectivity index (χ0n) is 16.2. The van der Waals surface area contributed by atoms with Crippen LogP contribution in [-0.4, -0.2) is 25.4 Å². The van der Waals surface area contributed by atoms with Gasteiger partial charge in [0.05, 0.1) is 16.4 Å². The summed E-state index contributed by atoms with van der Waals surface area (Å²) in [5.41, 5.74) is -1.51. The number of imidazole rings is 1. The molecule has 0 fully saturated rings. The van der Waals surface area contributed by atoms with Crippen molar-refractivity contribution in [1.29, 1.82) is 0 Å². The topological polar surface area (TPSA) is 87.5 Å². The van der Waals surface area contributed by atoms with Crippen LogP contribution in [0.1, 0.15) is 53.9 Å². The summed E-state index contributed by atoms with van der Waals surface area (Å²) in [5, 5.41) is 9.25. The van der Waals surface area contributed by atoms with Gasteiger partial charge in [-0.15, -0.1) is 0 Å². The average Bonchev–Trinajstić information content (AvgIpc) is 2.96. The number of fused-ring (bicyclic) bond motifs is 5. The van der Waals surface area contributed by atoms with Crippen LogP contribution in [0.2, 0.25) is 5.02 Å². The van der Waals surface area contributed by atoms with Crippen molar-refractivity contribution in [3.63, 3.8) is 0 Å². The van der Waals surface area contributed by atoms with Crippen molar-refractivity contribution < 1.29 is 23.1 Å². The highest BCUT2D eigenvalue weighted by molar-refractivity contribution is 6.30. The first-order valence-electron chi connectivity index (χ1n) is 9.07. The molecule has 30 heavy (non-hydrogen) atoms. The summed E-state index contributed by atoms with van der Waals surface area (Å²) in [6.45, 7) is 5.82. The van der Waals surface area contributed by atoms with Crippen molar-refractivity contribution in [3.05, 3.63) is 56.1 Å². The summed E-state index contributed by atoms with van der Waals surface area (Å²) in [6, 6.07) is 2.12. The van der Waals surface area contributed by atoms with Crippen LogP contribution in [0.4, 0.5) is 13.2 Å². The van der Waals surface area contributed by atoms with Crippen LogP contribution in [0.5, 0.6) is 0 Å². The van der Waals surface area contributed by atoms with Gasteiger partial charge in [-0.05, 0) is 35.4 Å². The number of aromatic carboxylic acids is 1. The highest BCUT2D eigenvalue weighted by Crippen LogP contribution is 2.47. The van der Waals surface area contributed by atoms with Crippen molar-refractivity contribution in [1.82, 2.24) is 14.4 Å². The third-order valence-electron chi connectivity index (χ3n) is 5.45. The minimum Gasteiger partial charge on any atom is -0.477 e. The van der Waals surface area contributed by atoms with Crippen LogP contribution in [-0.2, 0) is 12.6 Å². The molecule has 0 aromatic carbocycles. The monoisotopic (exact) mass is 439 g/mol. The second kappa shape index (κ2) is 6.34. The summed E-state index contributed by atoms with van der Waals surface area (Å²) in [5.74, 6) is -1.65. The molecule has 3 aromatic rings. The fraction of sp³-hybridized carbons (Fsp3) is 0.350. The van der Waals surface area contributed by atoms with E-state index in [2.05, 4.69) is 9.97 Å². The van der Waals surface area contributed by atoms with Crippen LogP contribution in [0.15, 0.2) is 23.1 Å². The lowest BCUT2D eigenvalue weighted by Crippen LogP contribution is -2.29. The van der Waals surface area contributed by atoms with Gasteiger partial charge in [-0.3, -0.25) is 4.79 Å². The number of rotatable bonds is 1. The van der Waals surface area contributed by atoms with Gasteiger partial charge >= 0.3 is 12.1 Å². The molecule has 0 spiro atoms. The zero-order valence-corrected chi connectivity index (χ0v) is 16.9. The standard InChI is InChI=1S/C20H17ClF3N3O3/c1-19(2,3)11-6-13-15(14-9(11)5-10(18(29)30)17(28)26-14)25-16-12(20(22,23)24)4-8(21)7-27(13)16/h4-5,7,11H,6H2,1-3H3,(H,26,28)(H,29,30)/t11-/m1/s1. The van der Waals surface area contributed by atoms with E-state index < -0.39 is 28.8 Å². The van der Waals surface area contributed by atoms with E-state index in [0.717, 1.165) is 6.07 Å². The quantitative estimate of drug-likeness (QED) is 0.573.